The molecule has 5 heterocycles. The number of nitrogens with one attached hydrogen (secondary N) is 1. The molecule has 3 aliphatic rings. The van der Waals surface area contributed by atoms with Crippen LogP contribution in [0, 0.1) is 5.82 Å². The number of halogens is 3. The topological polar surface area (TPSA) is 98.4 Å². The van der Waals surface area contributed by atoms with Crippen LogP contribution in [0.15, 0.2) is 35.1 Å². The minimum Gasteiger partial charge on any atom is -0.389 e. The van der Waals surface area contributed by atoms with E-state index in [9.17, 15) is 27.9 Å². The first-order chi connectivity index (χ1) is 21.9. The van der Waals surface area contributed by atoms with E-state index in [1.165, 1.54) is 16.8 Å². The lowest BCUT2D eigenvalue weighted by Crippen LogP contribution is -2.61. The van der Waals surface area contributed by atoms with Gasteiger partial charge in [0.2, 0.25) is 5.91 Å². The van der Waals surface area contributed by atoms with Crippen molar-refractivity contribution in [2.24, 2.45) is 0 Å². The van der Waals surface area contributed by atoms with Crippen LogP contribution in [-0.4, -0.2) is 104 Å². The van der Waals surface area contributed by atoms with Crippen molar-refractivity contribution in [2.45, 2.75) is 96.0 Å². The van der Waals surface area contributed by atoms with Crippen molar-refractivity contribution in [1.29, 1.82) is 0 Å². The highest BCUT2D eigenvalue weighted by atomic mass is 19.3. The lowest BCUT2D eigenvalue weighted by molar-refractivity contribution is -0.120. The Morgan fingerprint density at radius 2 is 1.83 bits per heavy atom. The molecular formula is C34H46F3N7O3. The second-order valence-corrected chi connectivity index (χ2v) is 15.2. The molecule has 0 spiro atoms. The Hall–Kier alpha value is -3.26. The Kier molecular flexibility index (Phi) is 8.59. The first-order valence-electron chi connectivity index (χ1n) is 16.4. The molecule has 2 saturated heterocycles. The Morgan fingerprint density at radius 1 is 1.13 bits per heavy atom. The van der Waals surface area contributed by atoms with E-state index >= 15 is 0 Å². The number of pyridine rings is 1. The van der Waals surface area contributed by atoms with Gasteiger partial charge in [-0.3, -0.25) is 14.6 Å². The molecule has 0 bridgehead atoms. The first kappa shape index (κ1) is 33.6. The van der Waals surface area contributed by atoms with Gasteiger partial charge in [-0.1, -0.05) is 26.0 Å². The summed E-state index contributed by atoms with van der Waals surface area (Å²) in [4.78, 5) is 33.9. The largest absolute Gasteiger partial charge is 0.389 e. The van der Waals surface area contributed by atoms with E-state index in [-0.39, 0.29) is 55.9 Å². The highest BCUT2D eigenvalue weighted by molar-refractivity contribution is 5.98. The number of hydrogen-bond acceptors (Lipinski definition) is 7. The van der Waals surface area contributed by atoms with Gasteiger partial charge in [0.25, 0.3) is 5.92 Å². The van der Waals surface area contributed by atoms with Crippen molar-refractivity contribution in [3.8, 4) is 0 Å². The number of piperazine rings is 1. The van der Waals surface area contributed by atoms with Crippen LogP contribution < -0.4 is 15.9 Å². The zero-order valence-electron chi connectivity index (χ0n) is 28.1. The van der Waals surface area contributed by atoms with Crippen molar-refractivity contribution in [3.63, 3.8) is 0 Å². The number of carbonyl (C=O) groups is 1. The molecular weight excluding hydrogens is 611 g/mol. The zero-order chi connectivity index (χ0) is 34.1. The number of likely N-dealkylation sites (tertiary alicyclic amines) is 1. The average molecular weight is 658 g/mol. The van der Waals surface area contributed by atoms with E-state index in [4.69, 9.17) is 0 Å². The van der Waals surface area contributed by atoms with Crippen LogP contribution in [0.5, 0.6) is 0 Å². The van der Waals surface area contributed by atoms with Gasteiger partial charge in [-0.2, -0.15) is 0 Å². The maximum absolute atomic E-state index is 14.3. The molecule has 0 aliphatic carbocycles. The summed E-state index contributed by atoms with van der Waals surface area (Å²) in [6.07, 6.45) is 0.178. The number of fused-ring (bicyclic) bond motifs is 3. The number of alkyl halides is 2. The van der Waals surface area contributed by atoms with E-state index < -0.39 is 22.6 Å². The molecule has 10 nitrogen and oxygen atoms in total. The van der Waals surface area contributed by atoms with Crippen LogP contribution in [0.2, 0.25) is 0 Å². The molecule has 2 aromatic heterocycles. The summed E-state index contributed by atoms with van der Waals surface area (Å²) >= 11 is 0. The number of carbonyl (C=O) groups excluding carboxylic acids is 1. The zero-order valence-corrected chi connectivity index (χ0v) is 28.1. The van der Waals surface area contributed by atoms with Crippen LogP contribution >= 0.6 is 0 Å². The molecule has 0 radical (unpaired) electrons. The third-order valence-electron chi connectivity index (χ3n) is 9.70. The second-order valence-electron chi connectivity index (χ2n) is 15.2. The number of aliphatic hydroxyl groups is 1. The van der Waals surface area contributed by atoms with Crippen LogP contribution in [-0.2, 0) is 23.2 Å². The standard InChI is InChI=1S/C34H46F3N7O3/c1-21-15-40(26(14-38-21)16-41-20-34(36,37)13-22(41)2)17-28(45)42-18-32(3,4)29-27(42)12-24(11-23-7-9-25(35)10-8-23)30-39-43(19-33(5,6)47)31(46)44(29)30/h7-10,12,21-22,26,38,47H,11,13-20H2,1-6H3/t21-,22-,26-/m1/s1. The summed E-state index contributed by atoms with van der Waals surface area (Å²) in [5.74, 6) is -3.21. The summed E-state index contributed by atoms with van der Waals surface area (Å²) in [6.45, 7) is 12.8. The monoisotopic (exact) mass is 657 g/mol. The summed E-state index contributed by atoms with van der Waals surface area (Å²) in [7, 11) is 0. The summed E-state index contributed by atoms with van der Waals surface area (Å²) < 4.78 is 45.0. The molecule has 0 saturated carbocycles. The summed E-state index contributed by atoms with van der Waals surface area (Å²) in [6, 6.07) is 7.79. The maximum Gasteiger partial charge on any atom is 0.350 e. The smallest absolute Gasteiger partial charge is 0.350 e. The van der Waals surface area contributed by atoms with E-state index in [0.29, 0.717) is 55.2 Å². The van der Waals surface area contributed by atoms with Crippen molar-refractivity contribution in [2.75, 3.05) is 44.2 Å². The predicted molar refractivity (Wildman–Crippen MR) is 174 cm³/mol. The number of aromatic nitrogens is 3. The van der Waals surface area contributed by atoms with E-state index in [1.807, 2.05) is 38.7 Å². The number of nitrogens with zero attached hydrogens (tertiary/aromatic N) is 6. The SMILES string of the molecule is C[C@@H]1CN(CC(=O)N2CC(C)(C)c3c2cc(Cc2ccc(F)cc2)c2nn(CC(C)(C)O)c(=O)n32)[C@@H](CN2CC(F)(F)C[C@H]2C)CN1. The molecule has 13 heteroatoms. The van der Waals surface area contributed by atoms with E-state index in [2.05, 4.69) is 15.3 Å². The van der Waals surface area contributed by atoms with E-state index in [0.717, 1.165) is 5.56 Å². The Bertz CT molecular complexity index is 1710. The number of anilines is 1. The minimum atomic E-state index is -2.71. The van der Waals surface area contributed by atoms with Crippen LogP contribution in [0.1, 0.15) is 64.8 Å². The lowest BCUT2D eigenvalue weighted by atomic mass is 9.90. The van der Waals surface area contributed by atoms with Gasteiger partial charge in [0.15, 0.2) is 5.65 Å². The van der Waals surface area contributed by atoms with Crippen molar-refractivity contribution in [1.82, 2.24) is 29.3 Å². The van der Waals surface area contributed by atoms with Crippen LogP contribution in [0.3, 0.4) is 0 Å². The molecule has 1 aromatic carbocycles. The van der Waals surface area contributed by atoms with Crippen molar-refractivity contribution >= 4 is 17.2 Å². The first-order valence-corrected chi connectivity index (χ1v) is 16.4. The molecule has 2 fully saturated rings. The second kappa shape index (κ2) is 12.0. The van der Waals surface area contributed by atoms with Gasteiger partial charge in [-0.25, -0.2) is 27.0 Å². The molecule has 256 valence electrons. The van der Waals surface area contributed by atoms with Crippen molar-refractivity contribution in [3.05, 3.63) is 63.5 Å². The third kappa shape index (κ3) is 6.85. The Balaban J connectivity index is 1.36. The van der Waals surface area contributed by atoms with Gasteiger partial charge in [0.05, 0.1) is 36.6 Å². The lowest BCUT2D eigenvalue weighted by Gasteiger charge is -2.41. The molecule has 0 unspecified atom stereocenters. The highest BCUT2D eigenvalue weighted by Crippen LogP contribution is 2.42. The maximum atomic E-state index is 14.3. The van der Waals surface area contributed by atoms with Gasteiger partial charge >= 0.3 is 5.69 Å². The summed E-state index contributed by atoms with van der Waals surface area (Å²) in [5, 5.41) is 18.7. The predicted octanol–water partition coefficient (Wildman–Crippen LogP) is 3.01. The van der Waals surface area contributed by atoms with Crippen LogP contribution in [0.25, 0.3) is 5.65 Å². The minimum absolute atomic E-state index is 0.0223. The number of rotatable bonds is 8. The molecule has 1 amide bonds. The molecule has 3 aliphatic heterocycles. The fourth-order valence-corrected chi connectivity index (χ4v) is 7.54. The molecule has 3 aromatic rings. The molecule has 6 rings (SSSR count). The number of amides is 1. The Labute approximate surface area is 273 Å². The average Bonchev–Trinajstić information content (AvgIpc) is 3.52. The summed E-state index contributed by atoms with van der Waals surface area (Å²) in [5.41, 5.74) is 0.987. The van der Waals surface area contributed by atoms with Gasteiger partial charge < -0.3 is 15.3 Å². The van der Waals surface area contributed by atoms with Crippen molar-refractivity contribution < 1.29 is 23.1 Å². The van der Waals surface area contributed by atoms with Gasteiger partial charge in [0.1, 0.15) is 5.82 Å². The normalized spacial score (nSPS) is 24.7. The van der Waals surface area contributed by atoms with Gasteiger partial charge in [-0.15, -0.1) is 5.10 Å². The molecule has 3 atom stereocenters. The van der Waals surface area contributed by atoms with E-state index in [1.54, 1.807) is 35.3 Å². The third-order valence-corrected chi connectivity index (χ3v) is 9.70. The Morgan fingerprint density at radius 3 is 2.47 bits per heavy atom. The fourth-order valence-electron chi connectivity index (χ4n) is 7.54. The van der Waals surface area contributed by atoms with Gasteiger partial charge in [-0.05, 0) is 51.5 Å². The van der Waals surface area contributed by atoms with Gasteiger partial charge in [0, 0.05) is 68.1 Å². The quantitative estimate of drug-likeness (QED) is 0.385. The highest BCUT2D eigenvalue weighted by Gasteiger charge is 2.45. The molecule has 2 N–H and O–H groups in total. The number of hydrogen-bond donors (Lipinski definition) is 2. The van der Waals surface area contributed by atoms with Crippen LogP contribution in [0.4, 0.5) is 18.9 Å². The fraction of sp³-hybridized carbons (Fsp3) is 0.618. The number of benzene rings is 1. The molecule has 47 heavy (non-hydrogen) atoms.